The molecule has 2 unspecified atom stereocenters. The van der Waals surface area contributed by atoms with Crippen molar-refractivity contribution in [3.05, 3.63) is 36.5 Å². The van der Waals surface area contributed by atoms with E-state index in [2.05, 4.69) is 50.3 Å². The van der Waals surface area contributed by atoms with Crippen molar-refractivity contribution in [2.45, 2.75) is 269 Å². The molecule has 1 aliphatic heterocycles. The molecule has 0 bridgehead atoms. The van der Waals surface area contributed by atoms with Crippen LogP contribution in [0.2, 0.25) is 0 Å². The predicted octanol–water partition coefficient (Wildman–Crippen LogP) is 12.1. The summed E-state index contributed by atoms with van der Waals surface area (Å²) in [6.07, 6.45) is 42.0. The van der Waals surface area contributed by atoms with Gasteiger partial charge in [-0.15, -0.1) is 0 Å². The predicted molar refractivity (Wildman–Crippen MR) is 266 cm³/mol. The third-order valence-corrected chi connectivity index (χ3v) is 12.9. The first-order valence-corrected chi connectivity index (χ1v) is 28.2. The van der Waals surface area contributed by atoms with Gasteiger partial charge in [-0.25, -0.2) is 0 Å². The molecular formula is C53H96O12S. The maximum absolute atomic E-state index is 12.8. The molecule has 0 aliphatic carbocycles. The summed E-state index contributed by atoms with van der Waals surface area (Å²) >= 11 is 0. The molecule has 66 heavy (non-hydrogen) atoms. The number of allylic oxidation sites excluding steroid dienone is 6. The number of unbranched alkanes of at least 4 members (excludes halogenated alkanes) is 27. The molecule has 1 fully saturated rings. The molecule has 1 heterocycles. The largest absolute Gasteiger partial charge is 0.462 e. The van der Waals surface area contributed by atoms with Gasteiger partial charge < -0.3 is 34.3 Å². The fraction of sp³-hybridized carbons (Fsp3) is 0.849. The Kier molecular flexibility index (Phi) is 40.3. The van der Waals surface area contributed by atoms with Gasteiger partial charge in [0.05, 0.1) is 6.61 Å². The lowest BCUT2D eigenvalue weighted by molar-refractivity contribution is -0.297. The molecule has 13 heteroatoms. The fourth-order valence-corrected chi connectivity index (χ4v) is 8.74. The van der Waals surface area contributed by atoms with Crippen molar-refractivity contribution >= 4 is 22.1 Å². The summed E-state index contributed by atoms with van der Waals surface area (Å²) in [6.45, 7) is 3.75. The number of rotatable bonds is 45. The number of aliphatic hydroxyl groups excluding tert-OH is 3. The Labute approximate surface area is 401 Å². The lowest BCUT2D eigenvalue weighted by atomic mass is 10.00. The van der Waals surface area contributed by atoms with E-state index in [0.29, 0.717) is 19.3 Å². The Morgan fingerprint density at radius 2 is 0.894 bits per heavy atom. The van der Waals surface area contributed by atoms with E-state index in [9.17, 15) is 37.9 Å². The lowest BCUT2D eigenvalue weighted by Crippen LogP contribution is -2.60. The van der Waals surface area contributed by atoms with Crippen LogP contribution in [0.1, 0.15) is 232 Å². The van der Waals surface area contributed by atoms with Crippen LogP contribution in [0.4, 0.5) is 0 Å². The number of carbonyl (C=O) groups excluding carboxylic acids is 2. The first kappa shape index (κ1) is 61.9. The third-order valence-electron chi connectivity index (χ3n) is 12.2. The molecular weight excluding hydrogens is 861 g/mol. The van der Waals surface area contributed by atoms with E-state index in [1.165, 1.54) is 128 Å². The van der Waals surface area contributed by atoms with E-state index in [1.54, 1.807) is 0 Å². The molecule has 0 aromatic carbocycles. The highest BCUT2D eigenvalue weighted by atomic mass is 32.2. The van der Waals surface area contributed by atoms with Crippen LogP contribution >= 0.6 is 0 Å². The summed E-state index contributed by atoms with van der Waals surface area (Å²) in [4.78, 5) is 25.5. The number of hydrogen-bond donors (Lipinski definition) is 4. The van der Waals surface area contributed by atoms with Crippen molar-refractivity contribution < 1.29 is 56.8 Å². The molecule has 4 N–H and O–H groups in total. The number of ether oxygens (including phenoxy) is 4. The number of carbonyl (C=O) groups is 2. The maximum Gasteiger partial charge on any atom is 0.306 e. The maximum atomic E-state index is 12.8. The minimum Gasteiger partial charge on any atom is -0.462 e. The highest BCUT2D eigenvalue weighted by molar-refractivity contribution is 7.85. The van der Waals surface area contributed by atoms with Crippen LogP contribution in [-0.2, 0) is 38.7 Å². The molecule has 1 saturated heterocycles. The third kappa shape index (κ3) is 36.9. The SMILES string of the molecule is CCCCCCCC/C=C/CCCCCCCC(=O)O[C@H](COC(=O)CCC/C=C/CC/C=C/CCCCCCCCCCCCCCCC)CO[C@H]1O[C@H](CS(=O)(=O)O)[C@@H](O)C(O)C1O. The number of esters is 2. The van der Waals surface area contributed by atoms with Crippen LogP contribution in [-0.4, -0.2) is 96.0 Å². The zero-order chi connectivity index (χ0) is 48.4. The van der Waals surface area contributed by atoms with Gasteiger partial charge in [0.25, 0.3) is 10.1 Å². The molecule has 0 spiro atoms. The van der Waals surface area contributed by atoms with Crippen LogP contribution in [0.15, 0.2) is 36.5 Å². The second-order valence-electron chi connectivity index (χ2n) is 18.5. The van der Waals surface area contributed by atoms with E-state index in [1.807, 2.05) is 0 Å². The van der Waals surface area contributed by atoms with Crippen molar-refractivity contribution in [3.63, 3.8) is 0 Å². The van der Waals surface area contributed by atoms with Crippen LogP contribution in [0, 0.1) is 0 Å². The number of aliphatic hydroxyl groups is 3. The van der Waals surface area contributed by atoms with E-state index in [-0.39, 0.29) is 19.4 Å². The summed E-state index contributed by atoms with van der Waals surface area (Å²) in [5.41, 5.74) is 0. The van der Waals surface area contributed by atoms with Gasteiger partial charge in [0.15, 0.2) is 12.4 Å². The van der Waals surface area contributed by atoms with Crippen LogP contribution < -0.4 is 0 Å². The summed E-state index contributed by atoms with van der Waals surface area (Å²) in [5, 5.41) is 31.0. The van der Waals surface area contributed by atoms with Crippen LogP contribution in [0.3, 0.4) is 0 Å². The van der Waals surface area contributed by atoms with Crippen molar-refractivity contribution in [1.82, 2.24) is 0 Å². The molecule has 0 aromatic heterocycles. The standard InChI is InChI=1S/C53H96O12S/c1-3-5-7-9-11-13-15-17-19-20-21-22-23-24-25-26-28-29-31-33-35-37-39-41-48(54)62-43-46(44-63-53-52(58)51(57)50(56)47(65-53)45-66(59,60)61)64-49(55)42-40-38-36-34-32-30-27-18-16-14-12-10-8-6-4-2/h18,26-28,33,35,46-47,50-53,56-58H,3-17,19-25,29-32,34,36-45H2,1-2H3,(H,59,60,61)/b27-18+,28-26+,35-33+/t46-,47-,50-,51?,52?,53+/m1/s1. The summed E-state index contributed by atoms with van der Waals surface area (Å²) in [6, 6.07) is 0. The molecule has 1 rings (SSSR count). The Balaban J connectivity index is 2.37. The van der Waals surface area contributed by atoms with Crippen molar-refractivity contribution in [2.75, 3.05) is 19.0 Å². The number of hydrogen-bond acceptors (Lipinski definition) is 11. The molecule has 0 aromatic rings. The van der Waals surface area contributed by atoms with Gasteiger partial charge in [-0.1, -0.05) is 185 Å². The highest BCUT2D eigenvalue weighted by Crippen LogP contribution is 2.24. The molecule has 1 aliphatic rings. The fourth-order valence-electron chi connectivity index (χ4n) is 8.05. The molecule has 386 valence electrons. The summed E-state index contributed by atoms with van der Waals surface area (Å²) in [7, 11) is -4.61. The Morgan fingerprint density at radius 1 is 0.500 bits per heavy atom. The van der Waals surface area contributed by atoms with Gasteiger partial charge in [-0.3, -0.25) is 14.1 Å². The Morgan fingerprint density at radius 3 is 1.35 bits per heavy atom. The summed E-state index contributed by atoms with van der Waals surface area (Å²) < 4.78 is 54.2. The first-order valence-electron chi connectivity index (χ1n) is 26.5. The van der Waals surface area contributed by atoms with E-state index < -0.39 is 71.2 Å². The molecule has 0 radical (unpaired) electrons. The van der Waals surface area contributed by atoms with Gasteiger partial charge in [0.1, 0.15) is 36.8 Å². The molecule has 6 atom stereocenters. The van der Waals surface area contributed by atoms with Crippen molar-refractivity contribution in [1.29, 1.82) is 0 Å². The van der Waals surface area contributed by atoms with Crippen molar-refractivity contribution in [2.24, 2.45) is 0 Å². The van der Waals surface area contributed by atoms with E-state index in [0.717, 1.165) is 57.8 Å². The smallest absolute Gasteiger partial charge is 0.306 e. The first-order chi connectivity index (χ1) is 32.0. The van der Waals surface area contributed by atoms with Crippen LogP contribution in [0.5, 0.6) is 0 Å². The Hall–Kier alpha value is -2.13. The molecule has 0 amide bonds. The quantitative estimate of drug-likeness (QED) is 0.0196. The average molecular weight is 957 g/mol. The average Bonchev–Trinajstić information content (AvgIpc) is 3.28. The molecule has 0 saturated carbocycles. The second-order valence-corrected chi connectivity index (χ2v) is 20.0. The van der Waals surface area contributed by atoms with Gasteiger partial charge in [0.2, 0.25) is 0 Å². The minimum absolute atomic E-state index is 0.147. The van der Waals surface area contributed by atoms with Crippen LogP contribution in [0.25, 0.3) is 0 Å². The van der Waals surface area contributed by atoms with Gasteiger partial charge in [-0.2, -0.15) is 8.42 Å². The highest BCUT2D eigenvalue weighted by Gasteiger charge is 2.46. The zero-order valence-electron chi connectivity index (χ0n) is 41.6. The minimum atomic E-state index is -4.61. The Bertz CT molecular complexity index is 1350. The lowest BCUT2D eigenvalue weighted by Gasteiger charge is -2.40. The van der Waals surface area contributed by atoms with Gasteiger partial charge in [-0.05, 0) is 70.6 Å². The topological polar surface area (TPSA) is 186 Å². The van der Waals surface area contributed by atoms with Crippen molar-refractivity contribution in [3.8, 4) is 0 Å². The molecule has 12 nitrogen and oxygen atoms in total. The summed E-state index contributed by atoms with van der Waals surface area (Å²) in [5.74, 6) is -2.04. The van der Waals surface area contributed by atoms with E-state index >= 15 is 0 Å². The normalized spacial score (nSPS) is 19.6. The van der Waals surface area contributed by atoms with Gasteiger partial charge in [0, 0.05) is 12.8 Å². The van der Waals surface area contributed by atoms with E-state index in [4.69, 9.17) is 18.9 Å². The zero-order valence-corrected chi connectivity index (χ0v) is 42.4. The monoisotopic (exact) mass is 957 g/mol. The van der Waals surface area contributed by atoms with Gasteiger partial charge >= 0.3 is 11.9 Å². The second kappa shape index (κ2) is 42.9.